The van der Waals surface area contributed by atoms with Crippen LogP contribution in [-0.4, -0.2) is 23.9 Å². The number of carbonyl (C=O) groups is 1. The molecule has 0 aliphatic heterocycles. The van der Waals surface area contributed by atoms with Crippen LogP contribution in [0.25, 0.3) is 0 Å². The molecule has 1 saturated carbocycles. The third-order valence-corrected chi connectivity index (χ3v) is 4.07. The second-order valence-electron chi connectivity index (χ2n) is 4.75. The van der Waals surface area contributed by atoms with Crippen LogP contribution >= 0.6 is 11.3 Å². The molecule has 16 heavy (non-hydrogen) atoms. The standard InChI is InChI=1S/C12H18N2OS/c1-8(2)14(6-10-4-5-10)12-13-9(3)11(7-15)16-12/h7-8,10H,4-6H2,1-3H3. The van der Waals surface area contributed by atoms with Crippen LogP contribution in [0.4, 0.5) is 5.13 Å². The van der Waals surface area contributed by atoms with Gasteiger partial charge in [0.05, 0.1) is 10.6 Å². The van der Waals surface area contributed by atoms with Crippen molar-refractivity contribution in [2.45, 2.75) is 39.7 Å². The van der Waals surface area contributed by atoms with Crippen molar-refractivity contribution in [1.29, 1.82) is 0 Å². The number of hydrogen-bond donors (Lipinski definition) is 0. The zero-order valence-electron chi connectivity index (χ0n) is 10.1. The molecule has 3 nitrogen and oxygen atoms in total. The minimum absolute atomic E-state index is 0.450. The van der Waals surface area contributed by atoms with Gasteiger partial charge in [0.1, 0.15) is 0 Å². The SMILES string of the molecule is Cc1nc(N(CC2CC2)C(C)C)sc1C=O. The molecule has 0 amide bonds. The van der Waals surface area contributed by atoms with E-state index in [1.54, 1.807) is 0 Å². The average molecular weight is 238 g/mol. The summed E-state index contributed by atoms with van der Waals surface area (Å²) in [5.41, 5.74) is 0.858. The molecule has 0 saturated heterocycles. The van der Waals surface area contributed by atoms with Gasteiger partial charge in [-0.15, -0.1) is 0 Å². The molecule has 1 aliphatic rings. The van der Waals surface area contributed by atoms with Gasteiger partial charge in [-0.1, -0.05) is 11.3 Å². The Hall–Kier alpha value is -0.900. The lowest BCUT2D eigenvalue weighted by Crippen LogP contribution is -2.32. The van der Waals surface area contributed by atoms with Crippen LogP contribution in [0, 0.1) is 12.8 Å². The van der Waals surface area contributed by atoms with Gasteiger partial charge in [-0.3, -0.25) is 4.79 Å². The predicted octanol–water partition coefficient (Wildman–Crippen LogP) is 2.89. The number of aromatic nitrogens is 1. The van der Waals surface area contributed by atoms with E-state index in [2.05, 4.69) is 23.7 Å². The van der Waals surface area contributed by atoms with E-state index in [9.17, 15) is 4.79 Å². The maximum absolute atomic E-state index is 10.8. The number of rotatable bonds is 5. The fourth-order valence-electron chi connectivity index (χ4n) is 1.71. The summed E-state index contributed by atoms with van der Waals surface area (Å²) >= 11 is 1.51. The van der Waals surface area contributed by atoms with E-state index < -0.39 is 0 Å². The molecule has 1 aromatic heterocycles. The van der Waals surface area contributed by atoms with Crippen molar-refractivity contribution in [2.24, 2.45) is 5.92 Å². The van der Waals surface area contributed by atoms with E-state index >= 15 is 0 Å². The van der Waals surface area contributed by atoms with Gasteiger partial charge in [0.2, 0.25) is 0 Å². The Morgan fingerprint density at radius 1 is 1.56 bits per heavy atom. The van der Waals surface area contributed by atoms with Crippen LogP contribution in [-0.2, 0) is 0 Å². The third kappa shape index (κ3) is 2.43. The van der Waals surface area contributed by atoms with Crippen molar-refractivity contribution in [3.8, 4) is 0 Å². The largest absolute Gasteiger partial charge is 0.345 e. The zero-order chi connectivity index (χ0) is 11.7. The highest BCUT2D eigenvalue weighted by Crippen LogP contribution is 2.34. The molecule has 0 N–H and O–H groups in total. The molecule has 0 radical (unpaired) electrons. The Morgan fingerprint density at radius 3 is 2.69 bits per heavy atom. The molecular weight excluding hydrogens is 220 g/mol. The minimum Gasteiger partial charge on any atom is -0.345 e. The molecule has 1 fully saturated rings. The van der Waals surface area contributed by atoms with Gasteiger partial charge >= 0.3 is 0 Å². The van der Waals surface area contributed by atoms with Crippen LogP contribution in [0.15, 0.2) is 0 Å². The van der Waals surface area contributed by atoms with Crippen molar-refractivity contribution in [1.82, 2.24) is 4.98 Å². The first kappa shape index (κ1) is 11.6. The van der Waals surface area contributed by atoms with Gasteiger partial charge in [-0.25, -0.2) is 4.98 Å². The molecule has 2 rings (SSSR count). The molecule has 1 heterocycles. The highest BCUT2D eigenvalue weighted by Gasteiger charge is 2.27. The Morgan fingerprint density at radius 2 is 2.25 bits per heavy atom. The summed E-state index contributed by atoms with van der Waals surface area (Å²) < 4.78 is 0. The Bertz CT molecular complexity index is 382. The Kier molecular flexibility index (Phi) is 3.28. The molecule has 88 valence electrons. The van der Waals surface area contributed by atoms with Gasteiger partial charge in [-0.05, 0) is 39.5 Å². The zero-order valence-corrected chi connectivity index (χ0v) is 10.9. The normalized spacial score (nSPS) is 15.5. The molecule has 0 unspecified atom stereocenters. The lowest BCUT2D eigenvalue weighted by Gasteiger charge is -2.25. The van der Waals surface area contributed by atoms with Gasteiger partial charge in [0.25, 0.3) is 0 Å². The lowest BCUT2D eigenvalue weighted by atomic mass is 10.3. The summed E-state index contributed by atoms with van der Waals surface area (Å²) in [4.78, 5) is 18.4. The topological polar surface area (TPSA) is 33.2 Å². The maximum atomic E-state index is 10.8. The van der Waals surface area contributed by atoms with Crippen molar-refractivity contribution in [3.05, 3.63) is 10.6 Å². The molecule has 1 aromatic rings. The average Bonchev–Trinajstić information content (AvgIpc) is 2.98. The van der Waals surface area contributed by atoms with E-state index in [1.807, 2.05) is 6.92 Å². The number of aryl methyl sites for hydroxylation is 1. The number of thiazole rings is 1. The van der Waals surface area contributed by atoms with Crippen LogP contribution in [0.2, 0.25) is 0 Å². The van der Waals surface area contributed by atoms with E-state index in [-0.39, 0.29) is 0 Å². The first-order valence-electron chi connectivity index (χ1n) is 5.81. The van der Waals surface area contributed by atoms with Gasteiger partial charge in [0.15, 0.2) is 11.4 Å². The number of hydrogen-bond acceptors (Lipinski definition) is 4. The van der Waals surface area contributed by atoms with Crippen molar-refractivity contribution < 1.29 is 4.79 Å². The van der Waals surface area contributed by atoms with E-state index in [0.29, 0.717) is 6.04 Å². The number of aldehydes is 1. The number of nitrogens with zero attached hydrogens (tertiary/aromatic N) is 2. The van der Waals surface area contributed by atoms with Crippen molar-refractivity contribution in [3.63, 3.8) is 0 Å². The molecule has 0 spiro atoms. The fourth-order valence-corrected chi connectivity index (χ4v) is 2.74. The maximum Gasteiger partial charge on any atom is 0.186 e. The second kappa shape index (κ2) is 4.53. The monoisotopic (exact) mass is 238 g/mol. The molecule has 1 aliphatic carbocycles. The summed E-state index contributed by atoms with van der Waals surface area (Å²) in [5, 5.41) is 1.00. The number of anilines is 1. The molecule has 0 atom stereocenters. The molecule has 4 heteroatoms. The Balaban J connectivity index is 2.19. The third-order valence-electron chi connectivity index (χ3n) is 2.95. The van der Waals surface area contributed by atoms with Gasteiger partial charge in [-0.2, -0.15) is 0 Å². The van der Waals surface area contributed by atoms with Crippen molar-refractivity contribution in [2.75, 3.05) is 11.4 Å². The summed E-state index contributed by atoms with van der Waals surface area (Å²) in [7, 11) is 0. The van der Waals surface area contributed by atoms with Crippen LogP contribution in [0.5, 0.6) is 0 Å². The second-order valence-corrected chi connectivity index (χ2v) is 5.76. The minimum atomic E-state index is 0.450. The Labute approximate surface area is 100 Å². The van der Waals surface area contributed by atoms with Crippen LogP contribution in [0.1, 0.15) is 42.1 Å². The van der Waals surface area contributed by atoms with E-state index in [4.69, 9.17) is 0 Å². The fraction of sp³-hybridized carbons (Fsp3) is 0.667. The van der Waals surface area contributed by atoms with Gasteiger partial charge < -0.3 is 4.90 Å². The quantitative estimate of drug-likeness (QED) is 0.740. The van der Waals surface area contributed by atoms with Crippen LogP contribution < -0.4 is 4.90 Å². The first-order chi connectivity index (χ1) is 7.61. The highest BCUT2D eigenvalue weighted by molar-refractivity contribution is 7.17. The lowest BCUT2D eigenvalue weighted by molar-refractivity contribution is 0.112. The van der Waals surface area contributed by atoms with Crippen molar-refractivity contribution >= 4 is 22.8 Å². The predicted molar refractivity (Wildman–Crippen MR) is 67.4 cm³/mol. The summed E-state index contributed by atoms with van der Waals surface area (Å²) in [6, 6.07) is 0.450. The first-order valence-corrected chi connectivity index (χ1v) is 6.62. The van der Waals surface area contributed by atoms with E-state index in [1.165, 1.54) is 24.2 Å². The summed E-state index contributed by atoms with van der Waals surface area (Å²) in [6.45, 7) is 7.35. The molecule has 0 bridgehead atoms. The number of carbonyl (C=O) groups excluding carboxylic acids is 1. The summed E-state index contributed by atoms with van der Waals surface area (Å²) in [5.74, 6) is 0.839. The highest BCUT2D eigenvalue weighted by atomic mass is 32.1. The molecule has 0 aromatic carbocycles. The smallest absolute Gasteiger partial charge is 0.186 e. The van der Waals surface area contributed by atoms with Gasteiger partial charge in [0, 0.05) is 12.6 Å². The summed E-state index contributed by atoms with van der Waals surface area (Å²) in [6.07, 6.45) is 3.59. The van der Waals surface area contributed by atoms with E-state index in [0.717, 1.165) is 34.5 Å². The van der Waals surface area contributed by atoms with Crippen LogP contribution in [0.3, 0.4) is 0 Å². The molecular formula is C12H18N2OS.